The van der Waals surface area contributed by atoms with Gasteiger partial charge in [-0.1, -0.05) is 66.3 Å². The number of benzene rings is 2. The molecular formula is C28H26N2O. The Balaban J connectivity index is 1.57. The van der Waals surface area contributed by atoms with E-state index in [1.807, 2.05) is 18.4 Å². The van der Waals surface area contributed by atoms with Gasteiger partial charge in [-0.25, -0.2) is 0 Å². The second-order valence-corrected chi connectivity index (χ2v) is 8.53. The van der Waals surface area contributed by atoms with Crippen LogP contribution < -0.4 is 5.56 Å². The predicted octanol–water partition coefficient (Wildman–Crippen LogP) is 5.98. The standard InChI is InChI=1S/C28H26N2O/c1-3-24-22-16-19(2)18-28(24,25-13-14-27(31)30-26(25)17-22)29-15-7-11-21-10-6-9-20-8-4-5-12-23(20)21/h3-16,22H,17-18H2,1-2H3,(H,30,31)/b11-7+,24-3+,29-15?. The minimum Gasteiger partial charge on any atom is -0.326 e. The molecule has 31 heavy (non-hydrogen) atoms. The van der Waals surface area contributed by atoms with E-state index >= 15 is 0 Å². The van der Waals surface area contributed by atoms with Crippen LogP contribution in [0.3, 0.4) is 0 Å². The quantitative estimate of drug-likeness (QED) is 0.422. The van der Waals surface area contributed by atoms with Crippen LogP contribution in [-0.2, 0) is 12.0 Å². The number of aromatic amines is 1. The molecule has 2 aliphatic rings. The minimum absolute atomic E-state index is 0.0450. The summed E-state index contributed by atoms with van der Waals surface area (Å²) in [6, 6.07) is 18.4. The molecule has 1 heterocycles. The van der Waals surface area contributed by atoms with Crippen LogP contribution >= 0.6 is 0 Å². The number of nitrogens with one attached hydrogen (secondary N) is 1. The third kappa shape index (κ3) is 3.31. The Labute approximate surface area is 182 Å². The van der Waals surface area contributed by atoms with E-state index in [1.165, 1.54) is 27.5 Å². The summed E-state index contributed by atoms with van der Waals surface area (Å²) in [4.78, 5) is 20.2. The Bertz CT molecular complexity index is 1330. The molecule has 0 aliphatic heterocycles. The van der Waals surface area contributed by atoms with E-state index in [2.05, 4.69) is 79.5 Å². The van der Waals surface area contributed by atoms with Gasteiger partial charge in [0.05, 0.1) is 0 Å². The van der Waals surface area contributed by atoms with Crippen molar-refractivity contribution in [1.29, 1.82) is 0 Å². The molecule has 0 saturated carbocycles. The molecule has 1 aromatic heterocycles. The molecule has 0 fully saturated rings. The molecule has 1 N–H and O–H groups in total. The zero-order valence-corrected chi connectivity index (χ0v) is 17.9. The summed E-state index contributed by atoms with van der Waals surface area (Å²) in [5.41, 5.74) is 5.51. The number of nitrogens with zero attached hydrogens (tertiary/aromatic N) is 1. The molecule has 0 spiro atoms. The SMILES string of the molecule is C/C=C1\C2C=C(C)CC1(N=C/C=C/c1cccc3ccccc13)c1ccc(=O)[nH]c1C2. The fourth-order valence-electron chi connectivity index (χ4n) is 5.37. The van der Waals surface area contributed by atoms with Gasteiger partial charge in [0.2, 0.25) is 5.56 Å². The van der Waals surface area contributed by atoms with Crippen molar-refractivity contribution in [2.24, 2.45) is 10.9 Å². The van der Waals surface area contributed by atoms with Crippen LogP contribution in [-0.4, -0.2) is 11.2 Å². The highest BCUT2D eigenvalue weighted by molar-refractivity contribution is 5.92. The van der Waals surface area contributed by atoms with Gasteiger partial charge in [0.15, 0.2) is 0 Å². The minimum atomic E-state index is -0.445. The van der Waals surface area contributed by atoms with Crippen molar-refractivity contribution >= 4 is 23.1 Å². The maximum absolute atomic E-state index is 12.0. The second-order valence-electron chi connectivity index (χ2n) is 8.53. The molecular weight excluding hydrogens is 380 g/mol. The highest BCUT2D eigenvalue weighted by Gasteiger charge is 2.46. The lowest BCUT2D eigenvalue weighted by atomic mass is 9.63. The van der Waals surface area contributed by atoms with E-state index < -0.39 is 5.54 Å². The number of aromatic nitrogens is 1. The summed E-state index contributed by atoms with van der Waals surface area (Å²) in [6.45, 7) is 4.29. The largest absolute Gasteiger partial charge is 0.326 e. The Morgan fingerprint density at radius 3 is 2.81 bits per heavy atom. The van der Waals surface area contributed by atoms with E-state index in [1.54, 1.807) is 6.07 Å². The first-order valence-corrected chi connectivity index (χ1v) is 10.9. The van der Waals surface area contributed by atoms with Gasteiger partial charge in [0, 0.05) is 35.9 Å². The number of allylic oxidation sites excluding steroid dienone is 3. The number of H-pyrrole nitrogens is 1. The van der Waals surface area contributed by atoms with Crippen molar-refractivity contribution < 1.29 is 0 Å². The Kier molecular flexibility index (Phi) is 4.82. The molecule has 0 saturated heterocycles. The molecule has 2 aromatic carbocycles. The first kappa shape index (κ1) is 19.5. The van der Waals surface area contributed by atoms with E-state index in [0.29, 0.717) is 0 Å². The maximum atomic E-state index is 12.0. The Hall–Kier alpha value is -3.46. The molecule has 0 amide bonds. The van der Waals surface area contributed by atoms with Gasteiger partial charge in [0.1, 0.15) is 5.54 Å². The number of rotatable bonds is 3. The smallest absolute Gasteiger partial charge is 0.248 e. The predicted molar refractivity (Wildman–Crippen MR) is 130 cm³/mol. The molecule has 3 aromatic rings. The lowest BCUT2D eigenvalue weighted by Gasteiger charge is -2.45. The van der Waals surface area contributed by atoms with Crippen molar-refractivity contribution in [3.63, 3.8) is 0 Å². The van der Waals surface area contributed by atoms with Crippen LogP contribution in [0.1, 0.15) is 37.1 Å². The average Bonchev–Trinajstić information content (AvgIpc) is 2.76. The number of pyridine rings is 1. The van der Waals surface area contributed by atoms with Gasteiger partial charge in [-0.2, -0.15) is 0 Å². The summed E-state index contributed by atoms with van der Waals surface area (Å²) in [7, 11) is 0. The number of fused-ring (bicyclic) bond motifs is 5. The van der Waals surface area contributed by atoms with Crippen LogP contribution in [0.15, 0.2) is 93.8 Å². The second kappa shape index (κ2) is 7.66. The molecule has 3 nitrogen and oxygen atoms in total. The first-order valence-electron chi connectivity index (χ1n) is 10.9. The average molecular weight is 407 g/mol. The zero-order chi connectivity index (χ0) is 21.4. The van der Waals surface area contributed by atoms with E-state index in [-0.39, 0.29) is 11.5 Å². The fraction of sp³-hybridized carbons (Fsp3) is 0.214. The monoisotopic (exact) mass is 406 g/mol. The van der Waals surface area contributed by atoms with Gasteiger partial charge in [0.25, 0.3) is 0 Å². The molecule has 3 heteroatoms. The number of hydrogen-bond acceptors (Lipinski definition) is 2. The van der Waals surface area contributed by atoms with Gasteiger partial charge in [-0.3, -0.25) is 9.79 Å². The first-order chi connectivity index (χ1) is 15.1. The van der Waals surface area contributed by atoms with E-state index in [0.717, 1.165) is 24.1 Å². The summed E-state index contributed by atoms with van der Waals surface area (Å²) in [5, 5.41) is 2.47. The van der Waals surface area contributed by atoms with Gasteiger partial charge in [-0.05, 0) is 54.3 Å². The van der Waals surface area contributed by atoms with Crippen LogP contribution in [0, 0.1) is 5.92 Å². The third-order valence-electron chi connectivity index (χ3n) is 6.56. The van der Waals surface area contributed by atoms with Crippen molar-refractivity contribution in [3.05, 3.63) is 111 Å². The topological polar surface area (TPSA) is 45.2 Å². The van der Waals surface area contributed by atoms with Crippen molar-refractivity contribution in [2.45, 2.75) is 32.2 Å². The van der Waals surface area contributed by atoms with E-state index in [4.69, 9.17) is 4.99 Å². The Morgan fingerprint density at radius 2 is 1.94 bits per heavy atom. The van der Waals surface area contributed by atoms with Gasteiger partial charge >= 0.3 is 0 Å². The summed E-state index contributed by atoms with van der Waals surface area (Å²) < 4.78 is 0. The van der Waals surface area contributed by atoms with Crippen molar-refractivity contribution in [3.8, 4) is 0 Å². The highest BCUT2D eigenvalue weighted by atomic mass is 16.1. The Morgan fingerprint density at radius 1 is 1.10 bits per heavy atom. The van der Waals surface area contributed by atoms with Crippen molar-refractivity contribution in [1.82, 2.24) is 4.98 Å². The normalized spacial score (nSPS) is 24.1. The molecule has 2 atom stereocenters. The number of hydrogen-bond donors (Lipinski definition) is 1. The summed E-state index contributed by atoms with van der Waals surface area (Å²) in [5.74, 6) is 0.281. The lowest BCUT2D eigenvalue weighted by Crippen LogP contribution is -2.40. The molecule has 5 rings (SSSR count). The molecule has 154 valence electrons. The van der Waals surface area contributed by atoms with Crippen LogP contribution in [0.5, 0.6) is 0 Å². The molecule has 2 unspecified atom stereocenters. The summed E-state index contributed by atoms with van der Waals surface area (Å²) >= 11 is 0. The van der Waals surface area contributed by atoms with Gasteiger partial charge in [-0.15, -0.1) is 0 Å². The number of aliphatic imine (C=N–C) groups is 1. The van der Waals surface area contributed by atoms with Crippen molar-refractivity contribution in [2.75, 3.05) is 0 Å². The van der Waals surface area contributed by atoms with Crippen LogP contribution in [0.25, 0.3) is 16.8 Å². The highest BCUT2D eigenvalue weighted by Crippen LogP contribution is 2.51. The van der Waals surface area contributed by atoms with Crippen LogP contribution in [0.4, 0.5) is 0 Å². The van der Waals surface area contributed by atoms with Gasteiger partial charge < -0.3 is 4.98 Å². The molecule has 0 radical (unpaired) electrons. The lowest BCUT2D eigenvalue weighted by molar-refractivity contribution is 0.413. The van der Waals surface area contributed by atoms with E-state index in [9.17, 15) is 4.79 Å². The third-order valence-corrected chi connectivity index (χ3v) is 6.56. The molecule has 2 aliphatic carbocycles. The van der Waals surface area contributed by atoms with Crippen LogP contribution in [0.2, 0.25) is 0 Å². The summed E-state index contributed by atoms with van der Waals surface area (Å²) in [6.07, 6.45) is 12.3. The maximum Gasteiger partial charge on any atom is 0.248 e. The zero-order valence-electron chi connectivity index (χ0n) is 17.9. The fourth-order valence-corrected chi connectivity index (χ4v) is 5.37. The molecule has 2 bridgehead atoms.